The number of piperazine rings is 1. The van der Waals surface area contributed by atoms with Crippen LogP contribution in [0.5, 0.6) is 5.75 Å². The largest absolute Gasteiger partial charge is 0.492 e. The zero-order valence-corrected chi connectivity index (χ0v) is 12.0. The molecule has 1 heterocycles. The molecule has 1 aromatic rings. The number of rotatable bonds is 6. The molecular weight excluding hydrogens is 256 g/mol. The third kappa shape index (κ3) is 4.51. The zero-order valence-electron chi connectivity index (χ0n) is 12.0. The van der Waals surface area contributed by atoms with Crippen molar-refractivity contribution in [2.75, 3.05) is 53.0 Å². The van der Waals surface area contributed by atoms with Gasteiger partial charge in [0.15, 0.2) is 0 Å². The number of carbonyl (C=O) groups excluding carboxylic acids is 1. The molecule has 20 heavy (non-hydrogen) atoms. The third-order valence-electron chi connectivity index (χ3n) is 3.41. The van der Waals surface area contributed by atoms with Gasteiger partial charge in [-0.1, -0.05) is 18.2 Å². The summed E-state index contributed by atoms with van der Waals surface area (Å²) in [6, 6.07) is 9.83. The second-order valence-electron chi connectivity index (χ2n) is 4.82. The lowest BCUT2D eigenvalue weighted by Crippen LogP contribution is -2.50. The topological polar surface area (TPSA) is 42.0 Å². The minimum atomic E-state index is 0.0766. The molecule has 1 amide bonds. The summed E-state index contributed by atoms with van der Waals surface area (Å²) in [5.41, 5.74) is 0. The van der Waals surface area contributed by atoms with Crippen molar-refractivity contribution in [3.63, 3.8) is 0 Å². The van der Waals surface area contributed by atoms with Crippen LogP contribution in [0.4, 0.5) is 0 Å². The summed E-state index contributed by atoms with van der Waals surface area (Å²) in [5.74, 6) is 0.981. The highest BCUT2D eigenvalue weighted by molar-refractivity contribution is 5.77. The van der Waals surface area contributed by atoms with E-state index in [-0.39, 0.29) is 12.5 Å². The molecule has 110 valence electrons. The molecule has 1 fully saturated rings. The van der Waals surface area contributed by atoms with Crippen molar-refractivity contribution < 1.29 is 14.3 Å². The van der Waals surface area contributed by atoms with E-state index in [9.17, 15) is 4.79 Å². The average Bonchev–Trinajstić information content (AvgIpc) is 2.49. The van der Waals surface area contributed by atoms with E-state index >= 15 is 0 Å². The summed E-state index contributed by atoms with van der Waals surface area (Å²) in [4.78, 5) is 15.8. The van der Waals surface area contributed by atoms with E-state index in [4.69, 9.17) is 9.47 Å². The van der Waals surface area contributed by atoms with Gasteiger partial charge in [-0.25, -0.2) is 0 Å². The number of benzene rings is 1. The molecule has 0 aliphatic carbocycles. The van der Waals surface area contributed by atoms with Gasteiger partial charge in [-0.2, -0.15) is 0 Å². The molecule has 0 bridgehead atoms. The van der Waals surface area contributed by atoms with E-state index in [2.05, 4.69) is 4.90 Å². The van der Waals surface area contributed by atoms with Crippen LogP contribution in [0.3, 0.4) is 0 Å². The molecule has 1 aromatic carbocycles. The van der Waals surface area contributed by atoms with Gasteiger partial charge < -0.3 is 14.4 Å². The Balaban J connectivity index is 1.63. The fourth-order valence-electron chi connectivity index (χ4n) is 2.24. The first kappa shape index (κ1) is 14.8. The molecule has 0 aromatic heterocycles. The van der Waals surface area contributed by atoms with Gasteiger partial charge in [0.25, 0.3) is 0 Å². The van der Waals surface area contributed by atoms with Gasteiger partial charge in [-0.3, -0.25) is 9.69 Å². The fraction of sp³-hybridized carbons (Fsp3) is 0.533. The van der Waals surface area contributed by atoms with E-state index in [0.29, 0.717) is 6.61 Å². The van der Waals surface area contributed by atoms with Crippen LogP contribution in [0.2, 0.25) is 0 Å². The Morgan fingerprint density at radius 2 is 1.85 bits per heavy atom. The van der Waals surface area contributed by atoms with Crippen LogP contribution in [-0.4, -0.2) is 68.8 Å². The molecule has 1 saturated heterocycles. The summed E-state index contributed by atoms with van der Waals surface area (Å²) in [6.45, 7) is 5.08. The maximum atomic E-state index is 11.7. The number of ether oxygens (including phenoxy) is 2. The quantitative estimate of drug-likeness (QED) is 0.774. The van der Waals surface area contributed by atoms with Crippen LogP contribution in [0, 0.1) is 0 Å². The van der Waals surface area contributed by atoms with Crippen molar-refractivity contribution in [2.24, 2.45) is 0 Å². The van der Waals surface area contributed by atoms with Crippen LogP contribution >= 0.6 is 0 Å². The highest BCUT2D eigenvalue weighted by Crippen LogP contribution is 2.08. The van der Waals surface area contributed by atoms with E-state index in [1.807, 2.05) is 35.2 Å². The lowest BCUT2D eigenvalue weighted by atomic mass is 10.3. The number of hydrogen-bond donors (Lipinski definition) is 0. The minimum absolute atomic E-state index is 0.0766. The molecule has 0 spiro atoms. The molecule has 1 aliphatic heterocycles. The van der Waals surface area contributed by atoms with Crippen LogP contribution in [0.25, 0.3) is 0 Å². The van der Waals surface area contributed by atoms with Crippen LogP contribution in [0.1, 0.15) is 0 Å². The van der Waals surface area contributed by atoms with E-state index < -0.39 is 0 Å². The van der Waals surface area contributed by atoms with Gasteiger partial charge in [0.1, 0.15) is 19.0 Å². The molecule has 0 unspecified atom stereocenters. The van der Waals surface area contributed by atoms with Gasteiger partial charge in [0.2, 0.25) is 5.91 Å². The first-order valence-electron chi connectivity index (χ1n) is 6.96. The first-order valence-corrected chi connectivity index (χ1v) is 6.96. The lowest BCUT2D eigenvalue weighted by molar-refractivity contribution is -0.136. The monoisotopic (exact) mass is 278 g/mol. The SMILES string of the molecule is COCC(=O)N1CCN(CCOc2ccccc2)CC1. The van der Waals surface area contributed by atoms with E-state index in [0.717, 1.165) is 38.5 Å². The maximum Gasteiger partial charge on any atom is 0.248 e. The van der Waals surface area contributed by atoms with Gasteiger partial charge in [-0.15, -0.1) is 0 Å². The number of methoxy groups -OCH3 is 1. The summed E-state index contributed by atoms with van der Waals surface area (Å²) >= 11 is 0. The predicted molar refractivity (Wildman–Crippen MR) is 76.8 cm³/mol. The highest BCUT2D eigenvalue weighted by atomic mass is 16.5. The Morgan fingerprint density at radius 3 is 2.50 bits per heavy atom. The molecule has 0 atom stereocenters. The zero-order chi connectivity index (χ0) is 14.2. The third-order valence-corrected chi connectivity index (χ3v) is 3.41. The summed E-state index contributed by atoms with van der Waals surface area (Å²) in [5, 5.41) is 0. The Kier molecular flexibility index (Phi) is 5.83. The van der Waals surface area contributed by atoms with Crippen molar-refractivity contribution in [3.05, 3.63) is 30.3 Å². The van der Waals surface area contributed by atoms with E-state index in [1.165, 1.54) is 0 Å². The molecule has 0 saturated carbocycles. The average molecular weight is 278 g/mol. The number of hydrogen-bond acceptors (Lipinski definition) is 4. The molecular formula is C15H22N2O3. The van der Waals surface area contributed by atoms with Gasteiger partial charge in [-0.05, 0) is 12.1 Å². The van der Waals surface area contributed by atoms with Crippen molar-refractivity contribution in [1.29, 1.82) is 0 Å². The summed E-state index contributed by atoms with van der Waals surface area (Å²) in [7, 11) is 1.55. The summed E-state index contributed by atoms with van der Waals surface area (Å²) < 4.78 is 10.6. The normalized spacial score (nSPS) is 16.1. The van der Waals surface area contributed by atoms with Gasteiger partial charge in [0, 0.05) is 39.8 Å². The Bertz CT molecular complexity index is 403. The fourth-order valence-corrected chi connectivity index (χ4v) is 2.24. The van der Waals surface area contributed by atoms with Crippen molar-refractivity contribution >= 4 is 5.91 Å². The minimum Gasteiger partial charge on any atom is -0.492 e. The number of carbonyl (C=O) groups is 1. The number of para-hydroxylation sites is 1. The van der Waals surface area contributed by atoms with Crippen LogP contribution in [0.15, 0.2) is 30.3 Å². The second-order valence-corrected chi connectivity index (χ2v) is 4.82. The molecule has 1 aliphatic rings. The molecule has 0 N–H and O–H groups in total. The van der Waals surface area contributed by atoms with E-state index in [1.54, 1.807) is 7.11 Å². The van der Waals surface area contributed by atoms with Crippen molar-refractivity contribution in [1.82, 2.24) is 9.80 Å². The van der Waals surface area contributed by atoms with Gasteiger partial charge in [0.05, 0.1) is 0 Å². The standard InChI is InChI=1S/C15H22N2O3/c1-19-13-15(18)17-9-7-16(8-10-17)11-12-20-14-5-3-2-4-6-14/h2-6H,7-13H2,1H3. The van der Waals surface area contributed by atoms with Crippen LogP contribution < -0.4 is 4.74 Å². The van der Waals surface area contributed by atoms with Crippen molar-refractivity contribution in [3.8, 4) is 5.75 Å². The Morgan fingerprint density at radius 1 is 1.15 bits per heavy atom. The Labute approximate surface area is 120 Å². The summed E-state index contributed by atoms with van der Waals surface area (Å²) in [6.07, 6.45) is 0. The second kappa shape index (κ2) is 7.87. The number of nitrogens with zero attached hydrogens (tertiary/aromatic N) is 2. The predicted octanol–water partition coefficient (Wildman–Crippen LogP) is 0.856. The Hall–Kier alpha value is -1.59. The lowest BCUT2D eigenvalue weighted by Gasteiger charge is -2.34. The maximum absolute atomic E-state index is 11.7. The first-order chi connectivity index (χ1) is 9.79. The van der Waals surface area contributed by atoms with Crippen LogP contribution in [-0.2, 0) is 9.53 Å². The highest BCUT2D eigenvalue weighted by Gasteiger charge is 2.20. The van der Waals surface area contributed by atoms with Crippen molar-refractivity contribution in [2.45, 2.75) is 0 Å². The molecule has 2 rings (SSSR count). The molecule has 5 heteroatoms. The smallest absolute Gasteiger partial charge is 0.248 e. The molecule has 5 nitrogen and oxygen atoms in total. The molecule has 0 radical (unpaired) electrons. The van der Waals surface area contributed by atoms with Gasteiger partial charge >= 0.3 is 0 Å². The number of amides is 1.